The van der Waals surface area contributed by atoms with E-state index < -0.39 is 0 Å². The van der Waals surface area contributed by atoms with Gasteiger partial charge in [-0.3, -0.25) is 4.79 Å². The standard InChI is InChI=1S/C13H14O2/c1-3-10-11(12(10)13(14)15-2)9-7-5-4-6-8-9/h3-8,10-12H,1H2,2H3/t10-,11-,12-/m1/s1. The second kappa shape index (κ2) is 3.89. The van der Waals surface area contributed by atoms with Crippen molar-refractivity contribution in [3.05, 3.63) is 48.6 Å². The fourth-order valence-corrected chi connectivity index (χ4v) is 2.17. The van der Waals surface area contributed by atoms with Crippen LogP contribution in [0.15, 0.2) is 43.0 Å². The van der Waals surface area contributed by atoms with E-state index in [1.54, 1.807) is 0 Å². The van der Waals surface area contributed by atoms with Crippen molar-refractivity contribution in [3.63, 3.8) is 0 Å². The molecule has 2 rings (SSSR count). The van der Waals surface area contributed by atoms with Gasteiger partial charge in [0.1, 0.15) is 0 Å². The lowest BCUT2D eigenvalue weighted by atomic mass is 10.1. The molecule has 0 spiro atoms. The molecule has 0 saturated heterocycles. The zero-order chi connectivity index (χ0) is 10.8. The molecule has 0 N–H and O–H groups in total. The Bertz CT molecular complexity index is 369. The highest BCUT2D eigenvalue weighted by molar-refractivity contribution is 5.78. The summed E-state index contributed by atoms with van der Waals surface area (Å²) >= 11 is 0. The summed E-state index contributed by atoms with van der Waals surface area (Å²) in [5, 5.41) is 0. The molecule has 1 aliphatic carbocycles. The van der Waals surface area contributed by atoms with Crippen molar-refractivity contribution in [3.8, 4) is 0 Å². The maximum Gasteiger partial charge on any atom is 0.309 e. The summed E-state index contributed by atoms with van der Waals surface area (Å²) < 4.78 is 4.77. The van der Waals surface area contributed by atoms with Crippen molar-refractivity contribution in [2.75, 3.05) is 7.11 Å². The van der Waals surface area contributed by atoms with Crippen molar-refractivity contribution in [2.45, 2.75) is 5.92 Å². The van der Waals surface area contributed by atoms with Crippen molar-refractivity contribution in [2.24, 2.45) is 11.8 Å². The van der Waals surface area contributed by atoms with Gasteiger partial charge in [0.15, 0.2) is 0 Å². The molecule has 0 radical (unpaired) electrons. The van der Waals surface area contributed by atoms with E-state index in [0.717, 1.165) is 0 Å². The van der Waals surface area contributed by atoms with Gasteiger partial charge in [0, 0.05) is 5.92 Å². The fourth-order valence-electron chi connectivity index (χ4n) is 2.17. The molecule has 15 heavy (non-hydrogen) atoms. The molecule has 0 heterocycles. The Balaban J connectivity index is 2.19. The van der Waals surface area contributed by atoms with Gasteiger partial charge < -0.3 is 4.74 Å². The number of carbonyl (C=O) groups is 1. The zero-order valence-electron chi connectivity index (χ0n) is 8.72. The number of benzene rings is 1. The van der Waals surface area contributed by atoms with Crippen LogP contribution in [0.2, 0.25) is 0 Å². The average molecular weight is 202 g/mol. The fraction of sp³-hybridized carbons (Fsp3) is 0.308. The van der Waals surface area contributed by atoms with Gasteiger partial charge in [-0.25, -0.2) is 0 Å². The van der Waals surface area contributed by atoms with Gasteiger partial charge in [0.2, 0.25) is 0 Å². The van der Waals surface area contributed by atoms with Crippen molar-refractivity contribution in [1.82, 2.24) is 0 Å². The molecule has 0 unspecified atom stereocenters. The lowest BCUT2D eigenvalue weighted by Crippen LogP contribution is -2.04. The van der Waals surface area contributed by atoms with Gasteiger partial charge in [-0.05, 0) is 11.5 Å². The summed E-state index contributed by atoms with van der Waals surface area (Å²) in [5.41, 5.74) is 1.19. The number of esters is 1. The molecule has 1 saturated carbocycles. The molecular weight excluding hydrogens is 188 g/mol. The first-order chi connectivity index (χ1) is 7.29. The Morgan fingerprint density at radius 1 is 1.40 bits per heavy atom. The first kappa shape index (κ1) is 9.97. The summed E-state index contributed by atoms with van der Waals surface area (Å²) in [5.74, 6) is 0.333. The van der Waals surface area contributed by atoms with E-state index in [-0.39, 0.29) is 23.7 Å². The molecule has 2 nitrogen and oxygen atoms in total. The van der Waals surface area contributed by atoms with E-state index in [4.69, 9.17) is 4.74 Å². The van der Waals surface area contributed by atoms with Crippen LogP contribution in [0, 0.1) is 11.8 Å². The molecule has 0 aromatic heterocycles. The van der Waals surface area contributed by atoms with Gasteiger partial charge in [0.25, 0.3) is 0 Å². The third kappa shape index (κ3) is 1.67. The Labute approximate surface area is 89.6 Å². The molecule has 1 fully saturated rings. The normalized spacial score (nSPS) is 28.2. The van der Waals surface area contributed by atoms with E-state index in [1.165, 1.54) is 12.7 Å². The minimum Gasteiger partial charge on any atom is -0.469 e. The van der Waals surface area contributed by atoms with Gasteiger partial charge in [0.05, 0.1) is 13.0 Å². The summed E-state index contributed by atoms with van der Waals surface area (Å²) in [7, 11) is 1.43. The van der Waals surface area contributed by atoms with Crippen LogP contribution in [0.5, 0.6) is 0 Å². The molecule has 0 bridgehead atoms. The number of ether oxygens (including phenoxy) is 1. The van der Waals surface area contributed by atoms with Crippen LogP contribution in [0.25, 0.3) is 0 Å². The molecule has 0 amide bonds. The number of carbonyl (C=O) groups excluding carboxylic acids is 1. The molecule has 2 heteroatoms. The van der Waals surface area contributed by atoms with Crippen LogP contribution in [0.4, 0.5) is 0 Å². The molecule has 0 aliphatic heterocycles. The summed E-state index contributed by atoms with van der Waals surface area (Å²) in [6.45, 7) is 3.76. The van der Waals surface area contributed by atoms with E-state index in [9.17, 15) is 4.79 Å². The summed E-state index contributed by atoms with van der Waals surface area (Å²) in [6, 6.07) is 10.0. The Kier molecular flexibility index (Phi) is 2.58. The van der Waals surface area contributed by atoms with Crippen LogP contribution in [-0.4, -0.2) is 13.1 Å². The monoisotopic (exact) mass is 202 g/mol. The molecule has 1 aromatic carbocycles. The van der Waals surface area contributed by atoms with Crippen LogP contribution in [0.1, 0.15) is 11.5 Å². The van der Waals surface area contributed by atoms with E-state index >= 15 is 0 Å². The Morgan fingerprint density at radius 3 is 2.60 bits per heavy atom. The lowest BCUT2D eigenvalue weighted by Gasteiger charge is -1.98. The Hall–Kier alpha value is -1.57. The molecule has 3 atom stereocenters. The van der Waals surface area contributed by atoms with E-state index in [1.807, 2.05) is 36.4 Å². The van der Waals surface area contributed by atoms with Gasteiger partial charge in [-0.15, -0.1) is 6.58 Å². The van der Waals surface area contributed by atoms with Crippen molar-refractivity contribution in [1.29, 1.82) is 0 Å². The number of allylic oxidation sites excluding steroid dienone is 1. The predicted octanol–water partition coefficient (Wildman–Crippen LogP) is 2.38. The van der Waals surface area contributed by atoms with E-state index in [2.05, 4.69) is 6.58 Å². The van der Waals surface area contributed by atoms with Crippen LogP contribution >= 0.6 is 0 Å². The largest absolute Gasteiger partial charge is 0.469 e. The van der Waals surface area contributed by atoms with Gasteiger partial charge in [-0.2, -0.15) is 0 Å². The Morgan fingerprint density at radius 2 is 2.07 bits per heavy atom. The van der Waals surface area contributed by atoms with Crippen LogP contribution in [-0.2, 0) is 9.53 Å². The number of hydrogen-bond donors (Lipinski definition) is 0. The first-order valence-electron chi connectivity index (χ1n) is 5.05. The number of hydrogen-bond acceptors (Lipinski definition) is 2. The van der Waals surface area contributed by atoms with Crippen LogP contribution in [0.3, 0.4) is 0 Å². The summed E-state index contributed by atoms with van der Waals surface area (Å²) in [4.78, 5) is 11.5. The number of methoxy groups -OCH3 is 1. The third-order valence-electron chi connectivity index (χ3n) is 3.01. The lowest BCUT2D eigenvalue weighted by molar-refractivity contribution is -0.142. The van der Waals surface area contributed by atoms with Crippen molar-refractivity contribution >= 4 is 5.97 Å². The second-order valence-corrected chi connectivity index (χ2v) is 3.80. The molecule has 1 aliphatic rings. The minimum atomic E-state index is -0.131. The quantitative estimate of drug-likeness (QED) is 0.555. The van der Waals surface area contributed by atoms with Gasteiger partial charge in [-0.1, -0.05) is 36.4 Å². The number of rotatable bonds is 3. The SMILES string of the molecule is C=C[C@H]1[C@@H](C(=O)OC)[C@@H]1c1ccccc1. The highest BCUT2D eigenvalue weighted by Gasteiger charge is 2.54. The first-order valence-corrected chi connectivity index (χ1v) is 5.05. The molecular formula is C13H14O2. The van der Waals surface area contributed by atoms with E-state index in [0.29, 0.717) is 0 Å². The topological polar surface area (TPSA) is 26.3 Å². The predicted molar refractivity (Wildman–Crippen MR) is 58.4 cm³/mol. The van der Waals surface area contributed by atoms with Gasteiger partial charge >= 0.3 is 5.97 Å². The maximum absolute atomic E-state index is 11.5. The highest BCUT2D eigenvalue weighted by Crippen LogP contribution is 2.55. The highest BCUT2D eigenvalue weighted by atomic mass is 16.5. The average Bonchev–Trinajstić information content (AvgIpc) is 3.03. The third-order valence-corrected chi connectivity index (χ3v) is 3.01. The minimum absolute atomic E-state index is 0.0325. The smallest absolute Gasteiger partial charge is 0.309 e. The molecule has 1 aromatic rings. The second-order valence-electron chi connectivity index (χ2n) is 3.80. The summed E-state index contributed by atoms with van der Waals surface area (Å²) in [6.07, 6.45) is 1.85. The van der Waals surface area contributed by atoms with Crippen molar-refractivity contribution < 1.29 is 9.53 Å². The zero-order valence-corrected chi connectivity index (χ0v) is 8.72. The molecule has 78 valence electrons. The maximum atomic E-state index is 11.5. The van der Waals surface area contributed by atoms with Crippen LogP contribution < -0.4 is 0 Å².